The van der Waals surface area contributed by atoms with E-state index in [1.165, 1.54) is 0 Å². The molecule has 7 nitrogen and oxygen atoms in total. The standard InChI is InChI=1S/C15H22N4O3/c1-2-22-14(17)13-11(10-16)12-4-3-5-19(12)15(13,20)18-6-8-21-9-7-18/h13,17,20H,2-9H2,1H3. The van der Waals surface area contributed by atoms with Crippen molar-refractivity contribution in [2.24, 2.45) is 5.92 Å². The second kappa shape index (κ2) is 5.88. The molecule has 0 aliphatic carbocycles. The minimum Gasteiger partial charge on any atom is -0.481 e. The minimum absolute atomic E-state index is 0.0325. The van der Waals surface area contributed by atoms with Crippen molar-refractivity contribution in [2.45, 2.75) is 25.6 Å². The first-order chi connectivity index (χ1) is 10.6. The third-order valence-corrected chi connectivity index (χ3v) is 4.66. The zero-order valence-corrected chi connectivity index (χ0v) is 12.8. The lowest BCUT2D eigenvalue weighted by Crippen LogP contribution is -2.65. The molecular weight excluding hydrogens is 284 g/mol. The summed E-state index contributed by atoms with van der Waals surface area (Å²) in [5.41, 5.74) is 1.34. The van der Waals surface area contributed by atoms with E-state index < -0.39 is 11.8 Å². The van der Waals surface area contributed by atoms with Crippen LogP contribution in [0.5, 0.6) is 0 Å². The lowest BCUT2D eigenvalue weighted by Gasteiger charge is -2.47. The van der Waals surface area contributed by atoms with Gasteiger partial charge < -0.3 is 19.5 Å². The topological polar surface area (TPSA) is 92.8 Å². The Morgan fingerprint density at radius 3 is 2.86 bits per heavy atom. The van der Waals surface area contributed by atoms with Gasteiger partial charge in [0.2, 0.25) is 5.85 Å². The lowest BCUT2D eigenvalue weighted by atomic mass is 9.93. The smallest absolute Gasteiger partial charge is 0.214 e. The van der Waals surface area contributed by atoms with Gasteiger partial charge >= 0.3 is 0 Å². The Bertz CT molecular complexity index is 535. The first-order valence-corrected chi connectivity index (χ1v) is 7.81. The van der Waals surface area contributed by atoms with Crippen molar-refractivity contribution in [3.05, 3.63) is 11.3 Å². The van der Waals surface area contributed by atoms with Gasteiger partial charge in [-0.1, -0.05) is 0 Å². The monoisotopic (exact) mass is 306 g/mol. The van der Waals surface area contributed by atoms with Gasteiger partial charge in [-0.05, 0) is 19.8 Å². The number of morpholine rings is 1. The Morgan fingerprint density at radius 1 is 1.50 bits per heavy atom. The van der Waals surface area contributed by atoms with E-state index in [1.54, 1.807) is 6.92 Å². The predicted molar refractivity (Wildman–Crippen MR) is 78.8 cm³/mol. The number of fused-ring (bicyclic) bond motifs is 1. The molecular formula is C15H22N4O3. The normalized spacial score (nSPS) is 32.0. The summed E-state index contributed by atoms with van der Waals surface area (Å²) < 4.78 is 10.7. The Hall–Kier alpha value is -1.62. The summed E-state index contributed by atoms with van der Waals surface area (Å²) in [6.07, 6.45) is 1.69. The van der Waals surface area contributed by atoms with Gasteiger partial charge in [-0.3, -0.25) is 10.3 Å². The number of nitrogens with zero attached hydrogens (tertiary/aromatic N) is 3. The number of hydrogen-bond acceptors (Lipinski definition) is 7. The van der Waals surface area contributed by atoms with E-state index in [0.717, 1.165) is 18.5 Å². The van der Waals surface area contributed by atoms with E-state index in [2.05, 4.69) is 6.07 Å². The van der Waals surface area contributed by atoms with E-state index in [-0.39, 0.29) is 5.90 Å². The molecule has 120 valence electrons. The maximum absolute atomic E-state index is 11.5. The number of hydrogen-bond donors (Lipinski definition) is 2. The summed E-state index contributed by atoms with van der Waals surface area (Å²) in [7, 11) is 0. The quantitative estimate of drug-likeness (QED) is 0.582. The van der Waals surface area contributed by atoms with Crippen molar-refractivity contribution >= 4 is 5.90 Å². The van der Waals surface area contributed by atoms with Gasteiger partial charge in [0.25, 0.3) is 0 Å². The van der Waals surface area contributed by atoms with Gasteiger partial charge in [0.1, 0.15) is 5.92 Å². The molecule has 22 heavy (non-hydrogen) atoms. The highest BCUT2D eigenvalue weighted by Crippen LogP contribution is 2.47. The van der Waals surface area contributed by atoms with Crippen LogP contribution in [-0.2, 0) is 9.47 Å². The van der Waals surface area contributed by atoms with Gasteiger partial charge in [-0.2, -0.15) is 5.26 Å². The van der Waals surface area contributed by atoms with Gasteiger partial charge in [-0.15, -0.1) is 0 Å². The minimum atomic E-state index is -1.38. The van der Waals surface area contributed by atoms with Gasteiger partial charge in [0.15, 0.2) is 5.90 Å². The molecule has 0 aromatic rings. The van der Waals surface area contributed by atoms with Crippen LogP contribution in [0.2, 0.25) is 0 Å². The summed E-state index contributed by atoms with van der Waals surface area (Å²) in [5, 5.41) is 29.3. The molecule has 0 bridgehead atoms. The third kappa shape index (κ3) is 2.10. The van der Waals surface area contributed by atoms with Crippen LogP contribution in [-0.4, -0.2) is 66.1 Å². The van der Waals surface area contributed by atoms with Crippen LogP contribution in [0.25, 0.3) is 0 Å². The van der Waals surface area contributed by atoms with Crippen molar-refractivity contribution in [2.75, 3.05) is 39.5 Å². The predicted octanol–water partition coefficient (Wildman–Crippen LogP) is 0.482. The Balaban J connectivity index is 2.02. The average molecular weight is 306 g/mol. The zero-order chi connectivity index (χ0) is 15.7. The molecule has 7 heteroatoms. The highest BCUT2D eigenvalue weighted by Gasteiger charge is 2.59. The molecule has 2 saturated heterocycles. The van der Waals surface area contributed by atoms with E-state index in [1.807, 2.05) is 9.80 Å². The molecule has 3 aliphatic rings. The van der Waals surface area contributed by atoms with Crippen molar-refractivity contribution in [1.29, 1.82) is 10.7 Å². The molecule has 3 heterocycles. The van der Waals surface area contributed by atoms with E-state index >= 15 is 0 Å². The molecule has 2 unspecified atom stereocenters. The largest absolute Gasteiger partial charge is 0.481 e. The molecule has 0 aromatic carbocycles. The number of rotatable bonds is 3. The summed E-state index contributed by atoms with van der Waals surface area (Å²) in [4.78, 5) is 3.82. The van der Waals surface area contributed by atoms with Crippen LogP contribution in [0, 0.1) is 22.7 Å². The second-order valence-corrected chi connectivity index (χ2v) is 5.74. The SMILES string of the molecule is CCOC(=N)C1C(C#N)=C2CCCN2C1(O)N1CCOCC1. The molecule has 3 rings (SSSR count). The number of aliphatic hydroxyl groups is 1. The maximum Gasteiger partial charge on any atom is 0.214 e. The van der Waals surface area contributed by atoms with Crippen molar-refractivity contribution < 1.29 is 14.6 Å². The maximum atomic E-state index is 11.5. The number of nitrogens with one attached hydrogen (secondary N) is 1. The van der Waals surface area contributed by atoms with Gasteiger partial charge in [-0.25, -0.2) is 0 Å². The molecule has 2 N–H and O–H groups in total. The third-order valence-electron chi connectivity index (χ3n) is 4.66. The summed E-state index contributed by atoms with van der Waals surface area (Å²) in [6.45, 7) is 5.10. The summed E-state index contributed by atoms with van der Waals surface area (Å²) in [5.74, 6) is -2.16. The average Bonchev–Trinajstić information content (AvgIpc) is 3.10. The number of nitriles is 1. The van der Waals surface area contributed by atoms with Crippen LogP contribution in [0.3, 0.4) is 0 Å². The fourth-order valence-corrected chi connectivity index (χ4v) is 3.75. The summed E-state index contributed by atoms with van der Waals surface area (Å²) >= 11 is 0. The fourth-order valence-electron chi connectivity index (χ4n) is 3.75. The highest BCUT2D eigenvalue weighted by molar-refractivity contribution is 5.82. The molecule has 0 spiro atoms. The Labute approximate surface area is 130 Å². The van der Waals surface area contributed by atoms with Crippen molar-refractivity contribution in [3.63, 3.8) is 0 Å². The van der Waals surface area contributed by atoms with E-state index in [0.29, 0.717) is 45.0 Å². The Kier molecular flexibility index (Phi) is 4.08. The molecule has 0 aromatic heterocycles. The van der Waals surface area contributed by atoms with Crippen molar-refractivity contribution in [3.8, 4) is 6.07 Å². The van der Waals surface area contributed by atoms with Gasteiger partial charge in [0.05, 0.1) is 31.5 Å². The van der Waals surface area contributed by atoms with Crippen LogP contribution < -0.4 is 0 Å². The van der Waals surface area contributed by atoms with Crippen LogP contribution in [0.1, 0.15) is 19.8 Å². The molecule has 2 fully saturated rings. The number of allylic oxidation sites excluding steroid dienone is 1. The second-order valence-electron chi connectivity index (χ2n) is 5.74. The lowest BCUT2D eigenvalue weighted by molar-refractivity contribution is -0.221. The molecule has 3 aliphatic heterocycles. The van der Waals surface area contributed by atoms with Crippen LogP contribution in [0.15, 0.2) is 11.3 Å². The Morgan fingerprint density at radius 2 is 2.23 bits per heavy atom. The van der Waals surface area contributed by atoms with Crippen LogP contribution >= 0.6 is 0 Å². The number of ether oxygens (including phenoxy) is 2. The summed E-state index contributed by atoms with van der Waals surface area (Å²) in [6, 6.07) is 2.22. The fraction of sp³-hybridized carbons (Fsp3) is 0.733. The van der Waals surface area contributed by atoms with E-state index in [4.69, 9.17) is 14.9 Å². The van der Waals surface area contributed by atoms with Gasteiger partial charge in [0, 0.05) is 25.3 Å². The molecule has 2 atom stereocenters. The molecule has 0 saturated carbocycles. The van der Waals surface area contributed by atoms with Crippen molar-refractivity contribution in [1.82, 2.24) is 9.80 Å². The zero-order valence-electron chi connectivity index (χ0n) is 12.8. The molecule has 0 radical (unpaired) electrons. The first kappa shape index (κ1) is 15.3. The highest BCUT2D eigenvalue weighted by atomic mass is 16.5. The van der Waals surface area contributed by atoms with E-state index in [9.17, 15) is 10.4 Å². The van der Waals surface area contributed by atoms with Crippen LogP contribution in [0.4, 0.5) is 0 Å². The molecule has 0 amide bonds. The first-order valence-electron chi connectivity index (χ1n) is 7.81.